The molecule has 1 fully saturated rings. The smallest absolute Gasteiger partial charge is 0.178 e. The third kappa shape index (κ3) is 2.99. The first kappa shape index (κ1) is 14.6. The lowest BCUT2D eigenvalue weighted by Gasteiger charge is -2.24. The van der Waals surface area contributed by atoms with Gasteiger partial charge in [-0.25, -0.2) is 8.42 Å². The first-order valence-electron chi connectivity index (χ1n) is 7.57. The molecule has 1 aromatic rings. The van der Waals surface area contributed by atoms with E-state index >= 15 is 0 Å². The fourth-order valence-corrected chi connectivity index (χ4v) is 3.98. The van der Waals surface area contributed by atoms with E-state index < -0.39 is 9.84 Å². The zero-order valence-corrected chi connectivity index (χ0v) is 13.2. The van der Waals surface area contributed by atoms with Crippen molar-refractivity contribution < 1.29 is 8.42 Å². The molecular weight excluding hydrogens is 284 g/mol. The number of nitrogens with zero attached hydrogens (tertiary/aromatic N) is 2. The molecule has 3 rings (SSSR count). The van der Waals surface area contributed by atoms with Crippen LogP contribution in [0.15, 0.2) is 41.3 Å². The monoisotopic (exact) mass is 306 g/mol. The Morgan fingerprint density at radius 2 is 1.81 bits per heavy atom. The van der Waals surface area contributed by atoms with Crippen molar-refractivity contribution in [3.05, 3.63) is 36.4 Å². The van der Waals surface area contributed by atoms with Gasteiger partial charge in [0.05, 0.1) is 10.6 Å². The van der Waals surface area contributed by atoms with E-state index in [4.69, 9.17) is 0 Å². The Hall–Kier alpha value is -1.33. The summed E-state index contributed by atoms with van der Waals surface area (Å²) in [5, 5.41) is 0. The van der Waals surface area contributed by atoms with Crippen LogP contribution in [0.2, 0.25) is 0 Å². The van der Waals surface area contributed by atoms with Crippen molar-refractivity contribution in [3.8, 4) is 0 Å². The van der Waals surface area contributed by atoms with Crippen LogP contribution in [0, 0.1) is 0 Å². The van der Waals surface area contributed by atoms with Gasteiger partial charge in [0, 0.05) is 37.9 Å². The molecule has 0 bridgehead atoms. The summed E-state index contributed by atoms with van der Waals surface area (Å²) in [5.41, 5.74) is 1.12. The number of hydrogen-bond donors (Lipinski definition) is 0. The predicted molar refractivity (Wildman–Crippen MR) is 85.5 cm³/mol. The Morgan fingerprint density at radius 3 is 2.43 bits per heavy atom. The molecule has 1 unspecified atom stereocenters. The van der Waals surface area contributed by atoms with E-state index in [0.29, 0.717) is 10.9 Å². The van der Waals surface area contributed by atoms with Gasteiger partial charge >= 0.3 is 0 Å². The zero-order valence-electron chi connectivity index (χ0n) is 12.4. The average molecular weight is 306 g/mol. The van der Waals surface area contributed by atoms with E-state index in [2.05, 4.69) is 22.0 Å². The molecule has 0 aliphatic carbocycles. The van der Waals surface area contributed by atoms with E-state index in [1.54, 1.807) is 19.1 Å². The van der Waals surface area contributed by atoms with Gasteiger partial charge in [-0.15, -0.1) is 0 Å². The minimum Gasteiger partial charge on any atom is -0.370 e. The molecule has 0 amide bonds. The maximum absolute atomic E-state index is 11.8. The molecule has 0 saturated carbocycles. The second kappa shape index (κ2) is 5.81. The number of sulfone groups is 1. The van der Waals surface area contributed by atoms with Crippen LogP contribution in [0.3, 0.4) is 0 Å². The van der Waals surface area contributed by atoms with E-state index in [9.17, 15) is 8.42 Å². The number of benzene rings is 1. The van der Waals surface area contributed by atoms with Crippen LogP contribution in [-0.4, -0.2) is 51.3 Å². The number of hydrogen-bond acceptors (Lipinski definition) is 4. The van der Waals surface area contributed by atoms with Gasteiger partial charge in [0.2, 0.25) is 0 Å². The Labute approximate surface area is 127 Å². The van der Waals surface area contributed by atoms with E-state index in [1.165, 1.54) is 6.42 Å². The van der Waals surface area contributed by atoms with Crippen molar-refractivity contribution in [1.29, 1.82) is 0 Å². The highest BCUT2D eigenvalue weighted by atomic mass is 32.2. The van der Waals surface area contributed by atoms with Crippen molar-refractivity contribution in [2.45, 2.75) is 24.3 Å². The van der Waals surface area contributed by atoms with Gasteiger partial charge in [-0.2, -0.15) is 0 Å². The maximum atomic E-state index is 11.8. The molecule has 0 aromatic heterocycles. The van der Waals surface area contributed by atoms with E-state index in [-0.39, 0.29) is 5.75 Å². The Bertz CT molecular complexity index is 614. The van der Waals surface area contributed by atoms with Crippen LogP contribution in [0.1, 0.15) is 13.3 Å². The SMILES string of the molecule is CCS(=O)(=O)c1ccc(N2CCC(N3CC=CC3)C2)cc1. The van der Waals surface area contributed by atoms with Crippen LogP contribution in [-0.2, 0) is 9.84 Å². The third-order valence-corrected chi connectivity index (χ3v) is 6.22. The second-order valence-corrected chi connectivity index (χ2v) is 7.99. The van der Waals surface area contributed by atoms with Gasteiger partial charge in [-0.1, -0.05) is 19.1 Å². The summed E-state index contributed by atoms with van der Waals surface area (Å²) in [7, 11) is -3.10. The summed E-state index contributed by atoms with van der Waals surface area (Å²) in [6, 6.07) is 7.96. The first-order valence-corrected chi connectivity index (χ1v) is 9.22. The highest BCUT2D eigenvalue weighted by Crippen LogP contribution is 2.25. The molecule has 1 aromatic carbocycles. The van der Waals surface area contributed by atoms with Crippen LogP contribution >= 0.6 is 0 Å². The number of rotatable bonds is 4. The molecule has 0 spiro atoms. The van der Waals surface area contributed by atoms with Crippen molar-refractivity contribution in [2.75, 3.05) is 36.8 Å². The molecule has 21 heavy (non-hydrogen) atoms. The van der Waals surface area contributed by atoms with Gasteiger partial charge in [0.1, 0.15) is 0 Å². The maximum Gasteiger partial charge on any atom is 0.178 e. The number of anilines is 1. The van der Waals surface area contributed by atoms with Gasteiger partial charge in [-0.05, 0) is 30.7 Å². The summed E-state index contributed by atoms with van der Waals surface area (Å²) < 4.78 is 23.7. The van der Waals surface area contributed by atoms with Crippen molar-refractivity contribution in [1.82, 2.24) is 4.90 Å². The summed E-state index contributed by atoms with van der Waals surface area (Å²) in [4.78, 5) is 5.27. The van der Waals surface area contributed by atoms with Crippen LogP contribution < -0.4 is 4.90 Å². The second-order valence-electron chi connectivity index (χ2n) is 5.71. The lowest BCUT2D eigenvalue weighted by Crippen LogP contribution is -2.35. The molecule has 2 heterocycles. The van der Waals surface area contributed by atoms with Crippen molar-refractivity contribution >= 4 is 15.5 Å². The fraction of sp³-hybridized carbons (Fsp3) is 0.500. The Balaban J connectivity index is 1.68. The molecule has 2 aliphatic rings. The lowest BCUT2D eigenvalue weighted by molar-refractivity contribution is 0.271. The molecule has 0 radical (unpaired) electrons. The molecule has 1 saturated heterocycles. The molecule has 5 heteroatoms. The summed E-state index contributed by atoms with van der Waals surface area (Å²) in [6.07, 6.45) is 5.64. The summed E-state index contributed by atoms with van der Waals surface area (Å²) >= 11 is 0. The molecule has 0 N–H and O–H groups in total. The topological polar surface area (TPSA) is 40.6 Å². The lowest BCUT2D eigenvalue weighted by atomic mass is 10.2. The van der Waals surface area contributed by atoms with Gasteiger partial charge < -0.3 is 4.90 Å². The molecule has 114 valence electrons. The minimum atomic E-state index is -3.10. The first-order chi connectivity index (χ1) is 10.1. The predicted octanol–water partition coefficient (Wildman–Crippen LogP) is 1.93. The molecule has 1 atom stereocenters. The quantitative estimate of drug-likeness (QED) is 0.797. The highest BCUT2D eigenvalue weighted by Gasteiger charge is 2.28. The summed E-state index contributed by atoms with van der Waals surface area (Å²) in [5.74, 6) is 0.153. The van der Waals surface area contributed by atoms with Gasteiger partial charge in [0.25, 0.3) is 0 Å². The third-order valence-electron chi connectivity index (χ3n) is 4.47. The van der Waals surface area contributed by atoms with Gasteiger partial charge in [0.15, 0.2) is 9.84 Å². The average Bonchev–Trinajstić information content (AvgIpc) is 3.18. The van der Waals surface area contributed by atoms with Crippen LogP contribution in [0.5, 0.6) is 0 Å². The standard InChI is InChI=1S/C16H22N2O2S/c1-2-21(19,20)16-7-5-14(6-8-16)18-12-9-15(13-18)17-10-3-4-11-17/h3-8,15H,2,9-13H2,1H3. The van der Waals surface area contributed by atoms with Crippen LogP contribution in [0.4, 0.5) is 5.69 Å². The summed E-state index contributed by atoms with van der Waals surface area (Å²) in [6.45, 7) is 5.87. The van der Waals surface area contributed by atoms with E-state index in [1.807, 2.05) is 12.1 Å². The largest absolute Gasteiger partial charge is 0.370 e. The Kier molecular flexibility index (Phi) is 4.04. The molecule has 4 nitrogen and oxygen atoms in total. The van der Waals surface area contributed by atoms with E-state index in [0.717, 1.165) is 31.9 Å². The van der Waals surface area contributed by atoms with Gasteiger partial charge in [-0.3, -0.25) is 4.90 Å². The Morgan fingerprint density at radius 1 is 1.14 bits per heavy atom. The van der Waals surface area contributed by atoms with Crippen LogP contribution in [0.25, 0.3) is 0 Å². The normalized spacial score (nSPS) is 23.1. The van der Waals surface area contributed by atoms with Crippen molar-refractivity contribution in [3.63, 3.8) is 0 Å². The zero-order chi connectivity index (χ0) is 14.9. The molecule has 2 aliphatic heterocycles. The minimum absolute atomic E-state index is 0.153. The van der Waals surface area contributed by atoms with Crippen molar-refractivity contribution in [2.24, 2.45) is 0 Å². The highest BCUT2D eigenvalue weighted by molar-refractivity contribution is 7.91. The fourth-order valence-electron chi connectivity index (χ4n) is 3.10. The molecular formula is C16H22N2O2S.